The number of rotatable bonds is 5. The fourth-order valence-electron chi connectivity index (χ4n) is 1.13. The van der Waals surface area contributed by atoms with E-state index in [0.717, 1.165) is 0 Å². The van der Waals surface area contributed by atoms with Crippen molar-refractivity contribution in [2.24, 2.45) is 11.5 Å². The maximum absolute atomic E-state index is 12.9. The topological polar surface area (TPSA) is 81.1 Å². The van der Waals surface area contributed by atoms with Gasteiger partial charge in [-0.25, -0.2) is 8.78 Å². The van der Waals surface area contributed by atoms with Gasteiger partial charge in [-0.1, -0.05) is 11.6 Å². The maximum atomic E-state index is 12.9. The number of nitrogens with one attached hydrogen (secondary N) is 1. The number of nitrogens with two attached hydrogens (primary N) is 2. The minimum Gasteiger partial charge on any atom is -0.379 e. The molecule has 94 valence electrons. The molecule has 0 atom stereocenters. The molecule has 0 radical (unpaired) electrons. The van der Waals surface area contributed by atoms with Crippen molar-refractivity contribution in [3.63, 3.8) is 0 Å². The van der Waals surface area contributed by atoms with Crippen LogP contribution >= 0.6 is 11.6 Å². The number of halogens is 3. The standard InChI is InChI=1S/C10H12ClF2N3O/c11-8-3-6(1-2-7(8)9(15)17)16-5-10(12,13)4-14/h1-3,16H,4-5,14H2,(H2,15,17). The molecule has 1 aromatic carbocycles. The van der Waals surface area contributed by atoms with Crippen LogP contribution < -0.4 is 16.8 Å². The third-order valence-corrected chi connectivity index (χ3v) is 2.40. The van der Waals surface area contributed by atoms with E-state index >= 15 is 0 Å². The first-order valence-electron chi connectivity index (χ1n) is 4.77. The lowest BCUT2D eigenvalue weighted by Gasteiger charge is -2.15. The summed E-state index contributed by atoms with van der Waals surface area (Å²) in [6.07, 6.45) is 0. The molecule has 17 heavy (non-hydrogen) atoms. The van der Waals surface area contributed by atoms with Gasteiger partial charge in [0.25, 0.3) is 5.92 Å². The molecular weight excluding hydrogens is 252 g/mol. The zero-order chi connectivity index (χ0) is 13.1. The van der Waals surface area contributed by atoms with Crippen molar-refractivity contribution in [3.8, 4) is 0 Å². The van der Waals surface area contributed by atoms with Gasteiger partial charge in [-0.2, -0.15) is 0 Å². The van der Waals surface area contributed by atoms with Crippen molar-refractivity contribution in [2.75, 3.05) is 18.4 Å². The van der Waals surface area contributed by atoms with Crippen molar-refractivity contribution in [1.29, 1.82) is 0 Å². The van der Waals surface area contributed by atoms with Gasteiger partial charge in [0, 0.05) is 5.69 Å². The number of alkyl halides is 2. The number of benzene rings is 1. The summed E-state index contributed by atoms with van der Waals surface area (Å²) < 4.78 is 25.7. The van der Waals surface area contributed by atoms with Gasteiger partial charge < -0.3 is 16.8 Å². The Bertz CT molecular complexity index is 426. The molecule has 4 nitrogen and oxygen atoms in total. The number of hydrogen-bond donors (Lipinski definition) is 3. The lowest BCUT2D eigenvalue weighted by atomic mass is 10.2. The van der Waals surface area contributed by atoms with E-state index in [0.29, 0.717) is 5.69 Å². The van der Waals surface area contributed by atoms with Crippen LogP contribution in [0.3, 0.4) is 0 Å². The summed E-state index contributed by atoms with van der Waals surface area (Å²) in [6, 6.07) is 4.17. The average molecular weight is 264 g/mol. The van der Waals surface area contributed by atoms with E-state index in [2.05, 4.69) is 5.32 Å². The largest absolute Gasteiger partial charge is 0.379 e. The third kappa shape index (κ3) is 3.83. The molecule has 1 aromatic rings. The van der Waals surface area contributed by atoms with Gasteiger partial charge in [-0.05, 0) is 18.2 Å². The first-order chi connectivity index (χ1) is 7.85. The van der Waals surface area contributed by atoms with E-state index in [1.54, 1.807) is 0 Å². The van der Waals surface area contributed by atoms with Crippen molar-refractivity contribution in [1.82, 2.24) is 0 Å². The quantitative estimate of drug-likeness (QED) is 0.752. The molecule has 5 N–H and O–H groups in total. The Morgan fingerprint density at radius 2 is 2.12 bits per heavy atom. The lowest BCUT2D eigenvalue weighted by molar-refractivity contribution is 0.0254. The number of carbonyl (C=O) groups is 1. The summed E-state index contributed by atoms with van der Waals surface area (Å²) in [4.78, 5) is 10.9. The first kappa shape index (κ1) is 13.7. The van der Waals surface area contributed by atoms with Gasteiger partial charge in [-0.15, -0.1) is 0 Å². The second kappa shape index (κ2) is 5.29. The number of hydrogen-bond acceptors (Lipinski definition) is 3. The molecule has 0 bridgehead atoms. The van der Waals surface area contributed by atoms with E-state index in [1.165, 1.54) is 18.2 Å². The molecule has 0 aliphatic heterocycles. The summed E-state index contributed by atoms with van der Waals surface area (Å²) in [6.45, 7) is -1.34. The molecule has 0 aliphatic rings. The molecule has 1 amide bonds. The number of amides is 1. The Morgan fingerprint density at radius 1 is 1.47 bits per heavy atom. The van der Waals surface area contributed by atoms with Crippen molar-refractivity contribution < 1.29 is 13.6 Å². The van der Waals surface area contributed by atoms with E-state index in [-0.39, 0.29) is 10.6 Å². The Balaban J connectivity index is 2.75. The summed E-state index contributed by atoms with van der Waals surface area (Å²) in [5, 5.41) is 2.59. The minimum atomic E-state index is -2.99. The van der Waals surface area contributed by atoms with Gasteiger partial charge in [0.1, 0.15) is 0 Å². The van der Waals surface area contributed by atoms with Crippen LogP contribution in [0.15, 0.2) is 18.2 Å². The zero-order valence-corrected chi connectivity index (χ0v) is 9.60. The molecular formula is C10H12ClF2N3O. The van der Waals surface area contributed by atoms with Crippen LogP contribution in [-0.4, -0.2) is 24.9 Å². The molecule has 0 heterocycles. The fourth-order valence-corrected chi connectivity index (χ4v) is 1.40. The predicted molar refractivity (Wildman–Crippen MR) is 62.5 cm³/mol. The lowest BCUT2D eigenvalue weighted by Crippen LogP contribution is -2.35. The molecule has 1 rings (SSSR count). The van der Waals surface area contributed by atoms with Gasteiger partial charge in [0.2, 0.25) is 5.91 Å². The van der Waals surface area contributed by atoms with Crippen molar-refractivity contribution in [2.45, 2.75) is 5.92 Å². The second-order valence-electron chi connectivity index (χ2n) is 3.47. The Labute approximate surface area is 102 Å². The highest BCUT2D eigenvalue weighted by Gasteiger charge is 2.26. The fraction of sp³-hybridized carbons (Fsp3) is 0.300. The normalized spacial score (nSPS) is 11.3. The minimum absolute atomic E-state index is 0.110. The first-order valence-corrected chi connectivity index (χ1v) is 5.14. The molecule has 0 saturated heterocycles. The van der Waals surface area contributed by atoms with Gasteiger partial charge in [-0.3, -0.25) is 4.79 Å². The summed E-state index contributed by atoms with van der Waals surface area (Å²) in [5.41, 5.74) is 10.4. The monoisotopic (exact) mass is 263 g/mol. The molecule has 0 spiro atoms. The zero-order valence-electron chi connectivity index (χ0n) is 8.84. The Morgan fingerprint density at radius 3 is 2.59 bits per heavy atom. The maximum Gasteiger partial charge on any atom is 0.276 e. The van der Waals surface area contributed by atoms with Gasteiger partial charge in [0.15, 0.2) is 0 Å². The molecule has 0 fully saturated rings. The highest BCUT2D eigenvalue weighted by molar-refractivity contribution is 6.34. The predicted octanol–water partition coefficient (Wildman–Crippen LogP) is 1.44. The van der Waals surface area contributed by atoms with Gasteiger partial charge in [0.05, 0.1) is 23.7 Å². The molecule has 0 aromatic heterocycles. The van der Waals surface area contributed by atoms with Gasteiger partial charge >= 0.3 is 0 Å². The Kier molecular flexibility index (Phi) is 4.25. The van der Waals surface area contributed by atoms with E-state index in [4.69, 9.17) is 23.1 Å². The van der Waals surface area contributed by atoms with Crippen LogP contribution in [0.1, 0.15) is 10.4 Å². The molecule has 0 unspecified atom stereocenters. The van der Waals surface area contributed by atoms with Crippen molar-refractivity contribution in [3.05, 3.63) is 28.8 Å². The number of carbonyl (C=O) groups excluding carboxylic acids is 1. The van der Waals surface area contributed by atoms with Crippen LogP contribution in [0.5, 0.6) is 0 Å². The summed E-state index contributed by atoms with van der Waals surface area (Å²) in [7, 11) is 0. The number of anilines is 1. The molecule has 7 heteroatoms. The van der Waals surface area contributed by atoms with E-state index in [1.807, 2.05) is 0 Å². The summed E-state index contributed by atoms with van der Waals surface area (Å²) >= 11 is 5.76. The second-order valence-corrected chi connectivity index (χ2v) is 3.88. The highest BCUT2D eigenvalue weighted by Crippen LogP contribution is 2.21. The molecule has 0 saturated carbocycles. The Hall–Kier alpha value is -1.40. The van der Waals surface area contributed by atoms with Crippen molar-refractivity contribution >= 4 is 23.2 Å². The average Bonchev–Trinajstić information content (AvgIpc) is 2.26. The SMILES string of the molecule is NCC(F)(F)CNc1ccc(C(N)=O)c(Cl)c1. The highest BCUT2D eigenvalue weighted by atomic mass is 35.5. The summed E-state index contributed by atoms with van der Waals surface area (Å²) in [5.74, 6) is -3.66. The number of primary amides is 1. The van der Waals surface area contributed by atoms with E-state index < -0.39 is 24.9 Å². The van der Waals surface area contributed by atoms with Crippen LogP contribution in [0.2, 0.25) is 5.02 Å². The van der Waals surface area contributed by atoms with E-state index in [9.17, 15) is 13.6 Å². The van der Waals surface area contributed by atoms with Crippen LogP contribution in [-0.2, 0) is 0 Å². The van der Waals surface area contributed by atoms with Crippen LogP contribution in [0.4, 0.5) is 14.5 Å². The van der Waals surface area contributed by atoms with Crippen LogP contribution in [0, 0.1) is 0 Å². The smallest absolute Gasteiger partial charge is 0.276 e. The van der Waals surface area contributed by atoms with Crippen LogP contribution in [0.25, 0.3) is 0 Å². The third-order valence-electron chi connectivity index (χ3n) is 2.08. The molecule has 0 aliphatic carbocycles.